The Labute approximate surface area is 179 Å². The molecule has 8 nitrogen and oxygen atoms in total. The van der Waals surface area contributed by atoms with Crippen LogP contribution in [0.3, 0.4) is 0 Å². The predicted octanol–water partition coefficient (Wildman–Crippen LogP) is 3.33. The summed E-state index contributed by atoms with van der Waals surface area (Å²) in [5, 5.41) is 12.8. The molecule has 0 saturated heterocycles. The topological polar surface area (TPSA) is 94.8 Å². The molecule has 0 bridgehead atoms. The summed E-state index contributed by atoms with van der Waals surface area (Å²) < 4.78 is 7.97. The monoisotopic (exact) mass is 414 g/mol. The molecule has 0 unspecified atom stereocenters. The van der Waals surface area contributed by atoms with Gasteiger partial charge in [0.05, 0.1) is 6.10 Å². The van der Waals surface area contributed by atoms with Gasteiger partial charge in [-0.05, 0) is 49.9 Å². The van der Waals surface area contributed by atoms with Gasteiger partial charge >= 0.3 is 0 Å². The maximum Gasteiger partial charge on any atom is 0.270 e. The van der Waals surface area contributed by atoms with Gasteiger partial charge in [0.1, 0.15) is 29.9 Å². The molecule has 4 aromatic rings. The first-order chi connectivity index (χ1) is 15.3. The van der Waals surface area contributed by atoms with E-state index in [9.17, 15) is 4.79 Å². The predicted molar refractivity (Wildman–Crippen MR) is 115 cm³/mol. The van der Waals surface area contributed by atoms with Crippen LogP contribution >= 0.6 is 0 Å². The standard InChI is InChI=1S/C23H22N6O2/c30-23(20-4-2-6-22(28-20)29-14-25-26-15-29)27-17-7-9-18(10-8-17)31-21-5-1-3-16-13-24-12-11-19(16)21/h1-6,11-15,17-18H,7-10H2,(H,27,30). The number of amides is 1. The quantitative estimate of drug-likeness (QED) is 0.538. The van der Waals surface area contributed by atoms with Crippen LogP contribution in [0.15, 0.2) is 67.5 Å². The van der Waals surface area contributed by atoms with Crippen molar-refractivity contribution in [2.45, 2.75) is 37.8 Å². The summed E-state index contributed by atoms with van der Waals surface area (Å²) in [6, 6.07) is 13.5. The van der Waals surface area contributed by atoms with Crippen LogP contribution < -0.4 is 10.1 Å². The van der Waals surface area contributed by atoms with Crippen LogP contribution in [-0.2, 0) is 0 Å². The van der Waals surface area contributed by atoms with Crippen LogP contribution in [0.5, 0.6) is 5.75 Å². The van der Waals surface area contributed by atoms with Gasteiger partial charge in [-0.2, -0.15) is 0 Å². The van der Waals surface area contributed by atoms with E-state index in [1.54, 1.807) is 29.5 Å². The molecule has 8 heteroatoms. The smallest absolute Gasteiger partial charge is 0.270 e. The Kier molecular flexibility index (Phi) is 5.26. The summed E-state index contributed by atoms with van der Waals surface area (Å²) in [4.78, 5) is 21.3. The average Bonchev–Trinajstić information content (AvgIpc) is 3.36. The number of fused-ring (bicyclic) bond motifs is 1. The van der Waals surface area contributed by atoms with Gasteiger partial charge < -0.3 is 10.1 Å². The third-order valence-corrected chi connectivity index (χ3v) is 5.59. The van der Waals surface area contributed by atoms with Crippen LogP contribution in [0.1, 0.15) is 36.2 Å². The van der Waals surface area contributed by atoms with Gasteiger partial charge in [0.15, 0.2) is 0 Å². The Morgan fingerprint density at radius 1 is 1.00 bits per heavy atom. The fourth-order valence-electron chi connectivity index (χ4n) is 3.97. The number of nitrogens with one attached hydrogen (secondary N) is 1. The van der Waals surface area contributed by atoms with Crippen LogP contribution in [0.4, 0.5) is 0 Å². The highest BCUT2D eigenvalue weighted by molar-refractivity contribution is 5.92. The molecule has 1 saturated carbocycles. The number of nitrogens with zero attached hydrogens (tertiary/aromatic N) is 5. The van der Waals surface area contributed by atoms with Crippen molar-refractivity contribution in [3.05, 3.63) is 73.2 Å². The van der Waals surface area contributed by atoms with Crippen LogP contribution in [0.2, 0.25) is 0 Å². The second kappa shape index (κ2) is 8.51. The number of carbonyl (C=O) groups is 1. The van der Waals surface area contributed by atoms with Gasteiger partial charge in [0, 0.05) is 29.2 Å². The zero-order chi connectivity index (χ0) is 21.0. The van der Waals surface area contributed by atoms with Crippen molar-refractivity contribution in [3.8, 4) is 11.6 Å². The Balaban J connectivity index is 1.18. The van der Waals surface area contributed by atoms with Crippen molar-refractivity contribution >= 4 is 16.7 Å². The Bertz CT molecular complexity index is 1180. The average molecular weight is 414 g/mol. The second-order valence-corrected chi connectivity index (χ2v) is 7.67. The van der Waals surface area contributed by atoms with Crippen molar-refractivity contribution in [2.75, 3.05) is 0 Å². The molecular weight excluding hydrogens is 392 g/mol. The highest BCUT2D eigenvalue weighted by atomic mass is 16.5. The minimum absolute atomic E-state index is 0.115. The molecule has 31 heavy (non-hydrogen) atoms. The molecule has 1 fully saturated rings. The highest BCUT2D eigenvalue weighted by Crippen LogP contribution is 2.29. The molecule has 1 N–H and O–H groups in total. The molecule has 3 heterocycles. The molecule has 1 aliphatic rings. The largest absolute Gasteiger partial charge is 0.490 e. The van der Waals surface area contributed by atoms with Gasteiger partial charge in [-0.25, -0.2) is 4.98 Å². The third-order valence-electron chi connectivity index (χ3n) is 5.59. The first-order valence-electron chi connectivity index (χ1n) is 10.4. The number of aromatic nitrogens is 5. The van der Waals surface area contributed by atoms with Gasteiger partial charge in [-0.15, -0.1) is 10.2 Å². The number of rotatable bonds is 5. The molecule has 0 spiro atoms. The molecule has 0 radical (unpaired) electrons. The molecule has 156 valence electrons. The van der Waals surface area contributed by atoms with E-state index in [2.05, 4.69) is 25.5 Å². The van der Waals surface area contributed by atoms with Crippen LogP contribution in [-0.4, -0.2) is 42.8 Å². The van der Waals surface area contributed by atoms with E-state index in [0.29, 0.717) is 11.5 Å². The molecule has 0 aliphatic heterocycles. The van der Waals surface area contributed by atoms with Crippen molar-refractivity contribution in [3.63, 3.8) is 0 Å². The van der Waals surface area contributed by atoms with Crippen LogP contribution in [0.25, 0.3) is 16.6 Å². The van der Waals surface area contributed by atoms with E-state index >= 15 is 0 Å². The third kappa shape index (κ3) is 4.23. The Morgan fingerprint density at radius 2 is 1.81 bits per heavy atom. The minimum atomic E-state index is -0.166. The second-order valence-electron chi connectivity index (χ2n) is 7.67. The maximum atomic E-state index is 12.7. The Hall–Kier alpha value is -3.81. The zero-order valence-electron chi connectivity index (χ0n) is 16.9. The lowest BCUT2D eigenvalue weighted by Gasteiger charge is -2.29. The molecule has 1 amide bonds. The van der Waals surface area contributed by atoms with Gasteiger partial charge in [-0.1, -0.05) is 18.2 Å². The number of hydrogen-bond donors (Lipinski definition) is 1. The van der Waals surface area contributed by atoms with Gasteiger partial charge in [-0.3, -0.25) is 14.3 Å². The summed E-state index contributed by atoms with van der Waals surface area (Å²) in [5.74, 6) is 1.34. The fourth-order valence-corrected chi connectivity index (χ4v) is 3.97. The summed E-state index contributed by atoms with van der Waals surface area (Å²) in [7, 11) is 0. The molecule has 0 atom stereocenters. The molecule has 5 rings (SSSR count). The lowest BCUT2D eigenvalue weighted by Crippen LogP contribution is -2.40. The number of pyridine rings is 2. The van der Waals surface area contributed by atoms with E-state index in [1.807, 2.05) is 42.6 Å². The number of hydrogen-bond acceptors (Lipinski definition) is 6. The fraction of sp³-hybridized carbons (Fsp3) is 0.261. The van der Waals surface area contributed by atoms with Crippen LogP contribution in [0, 0.1) is 0 Å². The van der Waals surface area contributed by atoms with Crippen molar-refractivity contribution in [1.29, 1.82) is 0 Å². The first kappa shape index (κ1) is 19.2. The minimum Gasteiger partial charge on any atom is -0.490 e. The lowest BCUT2D eigenvalue weighted by molar-refractivity contribution is 0.0890. The van der Waals surface area contributed by atoms with Crippen molar-refractivity contribution in [1.82, 2.24) is 30.0 Å². The van der Waals surface area contributed by atoms with E-state index in [0.717, 1.165) is 42.2 Å². The molecule has 3 aromatic heterocycles. The van der Waals surface area contributed by atoms with Crippen molar-refractivity contribution < 1.29 is 9.53 Å². The van der Waals surface area contributed by atoms with Gasteiger partial charge in [0.25, 0.3) is 5.91 Å². The summed E-state index contributed by atoms with van der Waals surface area (Å²) in [6.45, 7) is 0. The summed E-state index contributed by atoms with van der Waals surface area (Å²) >= 11 is 0. The number of benzene rings is 1. The van der Waals surface area contributed by atoms with Crippen molar-refractivity contribution in [2.24, 2.45) is 0 Å². The highest BCUT2D eigenvalue weighted by Gasteiger charge is 2.25. The SMILES string of the molecule is O=C(NC1CCC(Oc2cccc3cnccc23)CC1)c1cccc(-n2cnnc2)n1. The number of ether oxygens (including phenoxy) is 1. The summed E-state index contributed by atoms with van der Waals surface area (Å²) in [5.41, 5.74) is 0.383. The summed E-state index contributed by atoms with van der Waals surface area (Å²) in [6.07, 6.45) is 10.4. The maximum absolute atomic E-state index is 12.7. The van der Waals surface area contributed by atoms with E-state index in [-0.39, 0.29) is 18.1 Å². The van der Waals surface area contributed by atoms with E-state index < -0.39 is 0 Å². The first-order valence-corrected chi connectivity index (χ1v) is 10.4. The van der Waals surface area contributed by atoms with Gasteiger partial charge in [0.2, 0.25) is 0 Å². The molecule has 1 aliphatic carbocycles. The molecule has 1 aromatic carbocycles. The van der Waals surface area contributed by atoms with E-state index in [1.165, 1.54) is 0 Å². The zero-order valence-corrected chi connectivity index (χ0v) is 16.9. The lowest BCUT2D eigenvalue weighted by atomic mass is 9.92. The Morgan fingerprint density at radius 3 is 2.65 bits per heavy atom. The number of carbonyl (C=O) groups excluding carboxylic acids is 1. The normalized spacial score (nSPS) is 18.6. The van der Waals surface area contributed by atoms with E-state index in [4.69, 9.17) is 4.74 Å². The molecular formula is C23H22N6O2.